The molecule has 1 aromatic heterocycles. The van der Waals surface area contributed by atoms with Crippen molar-refractivity contribution in [2.45, 2.75) is 0 Å². The summed E-state index contributed by atoms with van der Waals surface area (Å²) in [6.07, 6.45) is 0. The fourth-order valence-corrected chi connectivity index (χ4v) is 1.81. The Bertz CT molecular complexity index is 184. The van der Waals surface area contributed by atoms with Crippen molar-refractivity contribution in [3.05, 3.63) is 11.0 Å². The van der Waals surface area contributed by atoms with E-state index in [9.17, 15) is 0 Å². The Kier molecular flexibility index (Phi) is 7.55. The van der Waals surface area contributed by atoms with Gasteiger partial charge in [-0.1, -0.05) is 0 Å². The van der Waals surface area contributed by atoms with Crippen LogP contribution >= 0.6 is 67.8 Å². The topological polar surface area (TPSA) is 28.7 Å². The molecule has 0 spiro atoms. The van der Waals surface area contributed by atoms with E-state index in [-0.39, 0.29) is 52.8 Å². The first-order valence-electron chi connectivity index (χ1n) is 1.76. The molecule has 0 radical (unpaired) electrons. The minimum absolute atomic E-state index is 0. The summed E-state index contributed by atoms with van der Waals surface area (Å²) in [5.74, 6) is 0. The summed E-state index contributed by atoms with van der Waals surface area (Å²) in [7, 11) is 0. The van der Waals surface area contributed by atoms with Gasteiger partial charge in [0, 0.05) is 0 Å². The molecule has 9 heavy (non-hydrogen) atoms. The molecular weight excluding hydrogens is 484 g/mol. The van der Waals surface area contributed by atoms with Crippen LogP contribution in [-0.2, 0) is 0 Å². The number of nitrogens with one attached hydrogen (secondary N) is 1. The largest absolute Gasteiger partial charge is 1.00 e. The molecule has 0 fully saturated rings. The molecular formula is C3H2I3KN2. The number of hydrogen-bond donors (Lipinski definition) is 1. The summed E-state index contributed by atoms with van der Waals surface area (Å²) >= 11 is 6.66. The van der Waals surface area contributed by atoms with Crippen LogP contribution in [0.25, 0.3) is 0 Å². The molecule has 0 aliphatic heterocycles. The summed E-state index contributed by atoms with van der Waals surface area (Å²) in [6.45, 7) is 0. The molecule has 2 nitrogen and oxygen atoms in total. The van der Waals surface area contributed by atoms with Crippen molar-refractivity contribution in [1.82, 2.24) is 10.2 Å². The van der Waals surface area contributed by atoms with E-state index in [1.807, 2.05) is 0 Å². The summed E-state index contributed by atoms with van der Waals surface area (Å²) in [4.78, 5) is 0. The predicted octanol–water partition coefficient (Wildman–Crippen LogP) is -0.660. The van der Waals surface area contributed by atoms with Gasteiger partial charge in [-0.15, -0.1) is 0 Å². The number of halogens is 3. The molecule has 46 valence electrons. The molecule has 1 heterocycles. The molecule has 1 N–H and O–H groups in total. The zero-order chi connectivity index (χ0) is 6.15. The van der Waals surface area contributed by atoms with E-state index in [1.54, 1.807) is 0 Å². The third-order valence-electron chi connectivity index (χ3n) is 0.626. The Balaban J connectivity index is 0. The van der Waals surface area contributed by atoms with E-state index >= 15 is 0 Å². The number of nitrogens with zero attached hydrogens (tertiary/aromatic N) is 1. The number of aromatic nitrogens is 2. The quantitative estimate of drug-likeness (QED) is 0.384. The molecule has 0 unspecified atom stereocenters. The van der Waals surface area contributed by atoms with Gasteiger partial charge in [0.15, 0.2) is 0 Å². The summed E-state index contributed by atoms with van der Waals surface area (Å²) in [5, 5.41) is 6.82. The van der Waals surface area contributed by atoms with Crippen molar-refractivity contribution >= 4 is 67.8 Å². The van der Waals surface area contributed by atoms with Crippen LogP contribution in [0.2, 0.25) is 0 Å². The van der Waals surface area contributed by atoms with E-state index < -0.39 is 0 Å². The molecule has 0 aliphatic rings. The van der Waals surface area contributed by atoms with Gasteiger partial charge >= 0.3 is 51.4 Å². The first-order valence-corrected chi connectivity index (χ1v) is 5.00. The van der Waals surface area contributed by atoms with E-state index in [0.29, 0.717) is 0 Å². The number of hydrogen-bond acceptors (Lipinski definition) is 1. The second kappa shape index (κ2) is 5.64. The Morgan fingerprint density at radius 1 is 1.33 bits per heavy atom. The first-order chi connectivity index (χ1) is 3.72. The Hall–Kier alpha value is 3.04. The zero-order valence-electron chi connectivity index (χ0n) is 5.58. The molecule has 0 atom stereocenters. The Morgan fingerprint density at radius 2 is 1.89 bits per heavy atom. The second-order valence-electron chi connectivity index (χ2n) is 1.14. The van der Waals surface area contributed by atoms with Crippen molar-refractivity contribution in [2.75, 3.05) is 0 Å². The van der Waals surface area contributed by atoms with Crippen molar-refractivity contribution in [1.29, 1.82) is 0 Å². The van der Waals surface area contributed by atoms with Crippen LogP contribution in [0.4, 0.5) is 0 Å². The third kappa shape index (κ3) is 3.50. The SMILES string of the molecule is Ic1n[nH]c(I)c1I.[H-].[K+]. The predicted molar refractivity (Wildman–Crippen MR) is 57.9 cm³/mol. The molecule has 0 aliphatic carbocycles. The minimum atomic E-state index is 0. The average molecular weight is 486 g/mol. The van der Waals surface area contributed by atoms with Gasteiger partial charge in [0.05, 0.1) is 3.57 Å². The van der Waals surface area contributed by atoms with Crippen LogP contribution in [0.15, 0.2) is 0 Å². The second-order valence-corrected chi connectivity index (χ2v) is 4.32. The summed E-state index contributed by atoms with van der Waals surface area (Å²) < 4.78 is 3.38. The van der Waals surface area contributed by atoms with Gasteiger partial charge in [-0.25, -0.2) is 0 Å². The molecule has 1 aromatic rings. The molecule has 0 aromatic carbocycles. The van der Waals surface area contributed by atoms with Crippen LogP contribution in [0.3, 0.4) is 0 Å². The van der Waals surface area contributed by atoms with Crippen LogP contribution in [0.5, 0.6) is 0 Å². The monoisotopic (exact) mass is 486 g/mol. The summed E-state index contributed by atoms with van der Waals surface area (Å²) in [5.41, 5.74) is 0. The van der Waals surface area contributed by atoms with Gasteiger partial charge in [-0.3, -0.25) is 5.10 Å². The standard InChI is InChI=1S/C3HI3N2.K.H/c4-1-2(5)7-8-3(1)6;;/h(H,7,8);;/q;+1;-1. The van der Waals surface area contributed by atoms with E-state index in [0.717, 1.165) is 7.40 Å². The van der Waals surface area contributed by atoms with Crippen molar-refractivity contribution in [2.24, 2.45) is 0 Å². The molecule has 0 amide bonds. The van der Waals surface area contributed by atoms with E-state index in [4.69, 9.17) is 0 Å². The van der Waals surface area contributed by atoms with Gasteiger partial charge in [0.1, 0.15) is 7.40 Å². The molecule has 6 heteroatoms. The minimum Gasteiger partial charge on any atom is -1.00 e. The number of rotatable bonds is 0. The van der Waals surface area contributed by atoms with Crippen LogP contribution in [-0.4, -0.2) is 10.2 Å². The van der Waals surface area contributed by atoms with Crippen molar-refractivity contribution in [3.63, 3.8) is 0 Å². The number of H-pyrrole nitrogens is 1. The normalized spacial score (nSPS) is 8.78. The number of aromatic amines is 1. The smallest absolute Gasteiger partial charge is 1.00 e. The third-order valence-corrected chi connectivity index (χ3v) is 5.30. The van der Waals surface area contributed by atoms with Gasteiger partial charge in [-0.2, -0.15) is 5.10 Å². The average Bonchev–Trinajstić information content (AvgIpc) is 1.98. The summed E-state index contributed by atoms with van der Waals surface area (Å²) in [6, 6.07) is 0. The molecule has 1 rings (SSSR count). The molecule has 0 saturated heterocycles. The van der Waals surface area contributed by atoms with E-state index in [1.165, 1.54) is 3.57 Å². The van der Waals surface area contributed by atoms with Gasteiger partial charge in [0.25, 0.3) is 0 Å². The molecule has 0 bridgehead atoms. The first kappa shape index (κ1) is 12.0. The Morgan fingerprint density at radius 3 is 2.00 bits per heavy atom. The Labute approximate surface area is 138 Å². The van der Waals surface area contributed by atoms with Gasteiger partial charge < -0.3 is 1.43 Å². The van der Waals surface area contributed by atoms with Crippen molar-refractivity contribution in [3.8, 4) is 0 Å². The fourth-order valence-electron chi connectivity index (χ4n) is 0.287. The zero-order valence-corrected chi connectivity index (χ0v) is 14.2. The maximum atomic E-state index is 3.96. The van der Waals surface area contributed by atoms with Crippen LogP contribution < -0.4 is 51.4 Å². The van der Waals surface area contributed by atoms with Crippen LogP contribution in [0, 0.1) is 11.0 Å². The van der Waals surface area contributed by atoms with Crippen LogP contribution in [0.1, 0.15) is 1.43 Å². The fraction of sp³-hybridized carbons (Fsp3) is 0. The molecule has 0 saturated carbocycles. The maximum Gasteiger partial charge on any atom is 1.00 e. The maximum absolute atomic E-state index is 3.96. The van der Waals surface area contributed by atoms with Gasteiger partial charge in [0.2, 0.25) is 0 Å². The van der Waals surface area contributed by atoms with E-state index in [2.05, 4.69) is 78.0 Å². The van der Waals surface area contributed by atoms with Gasteiger partial charge in [-0.05, 0) is 67.8 Å². The van der Waals surface area contributed by atoms with Crippen molar-refractivity contribution < 1.29 is 52.8 Å².